The largest absolute Gasteiger partial charge is 0.478 e. The number of fused-ring (bicyclic) bond motifs is 1. The number of pyridine rings is 1. The van der Waals surface area contributed by atoms with Crippen LogP contribution in [0.25, 0.3) is 22.4 Å². The summed E-state index contributed by atoms with van der Waals surface area (Å²) in [6.45, 7) is 8.42. The summed E-state index contributed by atoms with van der Waals surface area (Å²) < 4.78 is 25.0. The van der Waals surface area contributed by atoms with Crippen LogP contribution in [-0.2, 0) is 20.9 Å². The van der Waals surface area contributed by atoms with E-state index in [1.165, 1.54) is 12.1 Å². The first-order valence-electron chi connectivity index (χ1n) is 12.1. The number of benzene rings is 1. The SMILES string of the molecule is C[Si](C)(C)CCOCn1c(OC2COCC(O)COC2)nc2cc(Cl)c(-c3ccc(C(=O)O)cc3)nc21. The minimum Gasteiger partial charge on any atom is -0.478 e. The van der Waals surface area contributed by atoms with E-state index in [-0.39, 0.29) is 38.7 Å². The molecule has 0 aliphatic carbocycles. The molecule has 10 nitrogen and oxygen atoms in total. The minimum absolute atomic E-state index is 0.164. The molecular formula is C25H32ClN3O7Si. The summed E-state index contributed by atoms with van der Waals surface area (Å²) in [6.07, 6.45) is -1.11. The molecule has 37 heavy (non-hydrogen) atoms. The highest BCUT2D eigenvalue weighted by Crippen LogP contribution is 2.32. The Morgan fingerprint density at radius 1 is 1.14 bits per heavy atom. The van der Waals surface area contributed by atoms with Gasteiger partial charge in [0.1, 0.15) is 24.5 Å². The standard InChI is InChI=1S/C25H32ClN3O7Si/c1-37(2,3)9-8-33-15-29-23-21(27-25(29)36-19-13-34-11-18(30)12-35-14-19)10-20(26)22(28-23)16-4-6-17(7-5-16)24(31)32/h4-7,10,18-19,30H,8-9,11-15H2,1-3H3,(H,31,32). The third-order valence-corrected chi connectivity index (χ3v) is 7.75. The molecule has 0 spiro atoms. The highest BCUT2D eigenvalue weighted by Gasteiger charge is 2.23. The Kier molecular flexibility index (Phi) is 8.83. The molecule has 12 heteroatoms. The van der Waals surface area contributed by atoms with Crippen LogP contribution in [0, 0.1) is 0 Å². The van der Waals surface area contributed by atoms with Gasteiger partial charge in [-0.3, -0.25) is 4.57 Å². The normalized spacial score (nSPS) is 18.9. The first-order chi connectivity index (χ1) is 17.6. The predicted octanol–water partition coefficient (Wildman–Crippen LogP) is 3.92. The molecule has 1 saturated heterocycles. The van der Waals surface area contributed by atoms with Crippen LogP contribution in [0.1, 0.15) is 10.4 Å². The molecule has 1 fully saturated rings. The fourth-order valence-electron chi connectivity index (χ4n) is 3.70. The van der Waals surface area contributed by atoms with Crippen molar-refractivity contribution in [2.45, 2.75) is 44.6 Å². The maximum Gasteiger partial charge on any atom is 0.335 e. The Morgan fingerprint density at radius 3 is 2.43 bits per heavy atom. The molecule has 2 aromatic heterocycles. The van der Waals surface area contributed by atoms with Gasteiger partial charge < -0.3 is 29.2 Å². The van der Waals surface area contributed by atoms with Crippen LogP contribution >= 0.6 is 11.6 Å². The second-order valence-electron chi connectivity index (χ2n) is 10.2. The Morgan fingerprint density at radius 2 is 1.81 bits per heavy atom. The van der Waals surface area contributed by atoms with Crippen molar-refractivity contribution in [2.75, 3.05) is 33.0 Å². The first-order valence-corrected chi connectivity index (χ1v) is 16.2. The average molecular weight is 550 g/mol. The molecule has 0 bridgehead atoms. The number of hydrogen-bond donors (Lipinski definition) is 2. The lowest BCUT2D eigenvalue weighted by Gasteiger charge is -2.23. The molecule has 0 radical (unpaired) electrons. The average Bonchev–Trinajstić information content (AvgIpc) is 3.14. The number of carboxylic acid groups (broad SMARTS) is 1. The number of rotatable bonds is 9. The van der Waals surface area contributed by atoms with E-state index in [1.54, 1.807) is 22.8 Å². The summed E-state index contributed by atoms with van der Waals surface area (Å²) >= 11 is 6.56. The zero-order valence-corrected chi connectivity index (χ0v) is 22.9. The molecular weight excluding hydrogens is 518 g/mol. The van der Waals surface area contributed by atoms with Crippen molar-refractivity contribution in [3.05, 3.63) is 40.9 Å². The quantitative estimate of drug-likeness (QED) is 0.302. The highest BCUT2D eigenvalue weighted by molar-refractivity contribution is 6.76. The number of halogens is 1. The van der Waals surface area contributed by atoms with E-state index in [4.69, 9.17) is 35.5 Å². The molecule has 1 aliphatic heterocycles. The summed E-state index contributed by atoms with van der Waals surface area (Å²) in [5.74, 6) is -1.01. The second-order valence-corrected chi connectivity index (χ2v) is 16.2. The van der Waals surface area contributed by atoms with Crippen LogP contribution < -0.4 is 4.74 Å². The summed E-state index contributed by atoms with van der Waals surface area (Å²) in [5, 5.41) is 19.3. The van der Waals surface area contributed by atoms with E-state index < -0.39 is 26.3 Å². The minimum atomic E-state index is -1.28. The lowest BCUT2D eigenvalue weighted by atomic mass is 10.1. The van der Waals surface area contributed by atoms with Gasteiger partial charge in [-0.15, -0.1) is 0 Å². The van der Waals surface area contributed by atoms with Crippen LogP contribution in [0.4, 0.5) is 0 Å². The number of ether oxygens (including phenoxy) is 4. The van der Waals surface area contributed by atoms with Gasteiger partial charge in [0.15, 0.2) is 5.65 Å². The maximum absolute atomic E-state index is 11.2. The fourth-order valence-corrected chi connectivity index (χ4v) is 4.71. The van der Waals surface area contributed by atoms with Gasteiger partial charge in [0.05, 0.1) is 42.7 Å². The molecule has 1 aromatic carbocycles. The zero-order chi connectivity index (χ0) is 26.6. The van der Waals surface area contributed by atoms with E-state index in [0.29, 0.717) is 40.1 Å². The predicted molar refractivity (Wildman–Crippen MR) is 141 cm³/mol. The van der Waals surface area contributed by atoms with Crippen LogP contribution in [0.2, 0.25) is 30.7 Å². The Hall–Kier alpha value is -2.54. The van der Waals surface area contributed by atoms with Crippen molar-refractivity contribution >= 4 is 36.8 Å². The number of aromatic carboxylic acids is 1. The monoisotopic (exact) mass is 549 g/mol. The molecule has 200 valence electrons. The summed E-state index contributed by atoms with van der Waals surface area (Å²) in [7, 11) is -1.28. The first kappa shape index (κ1) is 27.5. The third-order valence-electron chi connectivity index (χ3n) is 5.76. The highest BCUT2D eigenvalue weighted by atomic mass is 35.5. The topological polar surface area (TPSA) is 125 Å². The Labute approximate surface area is 221 Å². The van der Waals surface area contributed by atoms with Crippen LogP contribution in [0.3, 0.4) is 0 Å². The number of carboxylic acids is 1. The van der Waals surface area contributed by atoms with Crippen molar-refractivity contribution in [3.63, 3.8) is 0 Å². The number of aliphatic hydroxyl groups is 1. The van der Waals surface area contributed by atoms with Crippen molar-refractivity contribution in [1.82, 2.24) is 14.5 Å². The van der Waals surface area contributed by atoms with Crippen molar-refractivity contribution in [1.29, 1.82) is 0 Å². The van der Waals surface area contributed by atoms with Crippen molar-refractivity contribution in [3.8, 4) is 17.3 Å². The summed E-state index contributed by atoms with van der Waals surface area (Å²) in [4.78, 5) is 20.6. The van der Waals surface area contributed by atoms with Gasteiger partial charge in [-0.05, 0) is 24.2 Å². The van der Waals surface area contributed by atoms with E-state index in [2.05, 4.69) is 24.6 Å². The fraction of sp³-hybridized carbons (Fsp3) is 0.480. The Balaban J connectivity index is 1.66. The van der Waals surface area contributed by atoms with E-state index in [9.17, 15) is 15.0 Å². The van der Waals surface area contributed by atoms with Gasteiger partial charge in [0, 0.05) is 20.2 Å². The van der Waals surface area contributed by atoms with Gasteiger partial charge in [-0.2, -0.15) is 4.98 Å². The van der Waals surface area contributed by atoms with Gasteiger partial charge >= 0.3 is 12.0 Å². The lowest BCUT2D eigenvalue weighted by Crippen LogP contribution is -2.36. The molecule has 0 amide bonds. The molecule has 4 rings (SSSR count). The van der Waals surface area contributed by atoms with Crippen LogP contribution in [-0.4, -0.2) is 84.0 Å². The lowest BCUT2D eigenvalue weighted by molar-refractivity contribution is -0.0897. The zero-order valence-electron chi connectivity index (χ0n) is 21.1. The summed E-state index contributed by atoms with van der Waals surface area (Å²) in [5.41, 5.74) is 2.39. The number of aromatic nitrogens is 3. The molecule has 1 aliphatic rings. The molecule has 3 aromatic rings. The summed E-state index contributed by atoms with van der Waals surface area (Å²) in [6, 6.07) is 9.37. The number of hydrogen-bond acceptors (Lipinski definition) is 8. The number of imidazole rings is 1. The smallest absolute Gasteiger partial charge is 0.335 e. The van der Waals surface area contributed by atoms with E-state index >= 15 is 0 Å². The van der Waals surface area contributed by atoms with Crippen molar-refractivity contribution < 1.29 is 34.0 Å². The van der Waals surface area contributed by atoms with E-state index in [0.717, 1.165) is 6.04 Å². The van der Waals surface area contributed by atoms with E-state index in [1.807, 2.05) is 0 Å². The van der Waals surface area contributed by atoms with Gasteiger partial charge in [-0.25, -0.2) is 9.78 Å². The second kappa shape index (κ2) is 11.9. The number of aliphatic hydroxyl groups excluding tert-OH is 1. The number of carbonyl (C=O) groups is 1. The van der Waals surface area contributed by atoms with Crippen LogP contribution in [0.5, 0.6) is 6.01 Å². The Bertz CT molecular complexity index is 1220. The van der Waals surface area contributed by atoms with Gasteiger partial charge in [-0.1, -0.05) is 43.4 Å². The van der Waals surface area contributed by atoms with Crippen molar-refractivity contribution in [2.24, 2.45) is 0 Å². The molecule has 0 unspecified atom stereocenters. The van der Waals surface area contributed by atoms with Crippen LogP contribution in [0.15, 0.2) is 30.3 Å². The third kappa shape index (κ3) is 7.28. The maximum atomic E-state index is 11.2. The molecule has 0 saturated carbocycles. The van der Waals surface area contributed by atoms with Gasteiger partial charge in [0.2, 0.25) is 0 Å². The number of nitrogens with zero attached hydrogens (tertiary/aromatic N) is 3. The molecule has 3 heterocycles. The molecule has 2 N–H and O–H groups in total. The molecule has 0 atom stereocenters. The van der Waals surface area contributed by atoms with Gasteiger partial charge in [0.25, 0.3) is 0 Å².